The lowest BCUT2D eigenvalue weighted by Crippen LogP contribution is -2.29. The van der Waals surface area contributed by atoms with Gasteiger partial charge in [-0.1, -0.05) is 58.5 Å². The van der Waals surface area contributed by atoms with E-state index in [1.807, 2.05) is 30.3 Å². The minimum atomic E-state index is -0.0660. The van der Waals surface area contributed by atoms with Crippen LogP contribution in [0.1, 0.15) is 31.2 Å². The third kappa shape index (κ3) is 6.42. The number of thiocarbonyl (C=S) groups is 1. The lowest BCUT2D eigenvalue weighted by molar-refractivity contribution is -0.122. The number of carbonyl (C=O) groups excluding carboxylic acids is 2. The zero-order chi connectivity index (χ0) is 21.5. The highest BCUT2D eigenvalue weighted by molar-refractivity contribution is 9.10. The average molecular weight is 505 g/mol. The van der Waals surface area contributed by atoms with Crippen molar-refractivity contribution >= 4 is 67.8 Å². The van der Waals surface area contributed by atoms with Crippen molar-refractivity contribution in [3.05, 3.63) is 63.5 Å². The maximum atomic E-state index is 12.6. The maximum Gasteiger partial charge on any atom is 0.266 e. The van der Waals surface area contributed by atoms with Gasteiger partial charge in [-0.15, -0.1) is 0 Å². The molecule has 5 nitrogen and oxygen atoms in total. The first-order chi connectivity index (χ1) is 14.4. The number of phenolic OH excluding ortho intramolecular Hbond substituents is 1. The van der Waals surface area contributed by atoms with E-state index in [0.29, 0.717) is 27.9 Å². The molecule has 1 aliphatic heterocycles. The van der Waals surface area contributed by atoms with Gasteiger partial charge >= 0.3 is 0 Å². The maximum absolute atomic E-state index is 12.6. The van der Waals surface area contributed by atoms with Crippen molar-refractivity contribution in [2.45, 2.75) is 25.7 Å². The topological polar surface area (TPSA) is 69.6 Å². The molecule has 0 aromatic heterocycles. The number of nitrogens with one attached hydrogen (secondary N) is 1. The van der Waals surface area contributed by atoms with E-state index in [1.54, 1.807) is 17.0 Å². The van der Waals surface area contributed by atoms with Gasteiger partial charge in [0.25, 0.3) is 5.91 Å². The van der Waals surface area contributed by atoms with Gasteiger partial charge in [-0.25, -0.2) is 0 Å². The van der Waals surface area contributed by atoms with E-state index in [4.69, 9.17) is 12.2 Å². The molecule has 0 bridgehead atoms. The summed E-state index contributed by atoms with van der Waals surface area (Å²) in [7, 11) is 0. The summed E-state index contributed by atoms with van der Waals surface area (Å²) in [5.41, 5.74) is 1.62. The van der Waals surface area contributed by atoms with Gasteiger partial charge in [0.05, 0.1) is 4.91 Å². The van der Waals surface area contributed by atoms with Crippen molar-refractivity contribution in [3.63, 3.8) is 0 Å². The second kappa shape index (κ2) is 10.7. The van der Waals surface area contributed by atoms with E-state index >= 15 is 0 Å². The Labute approximate surface area is 193 Å². The van der Waals surface area contributed by atoms with Crippen LogP contribution in [0.15, 0.2) is 57.9 Å². The first-order valence-electron chi connectivity index (χ1n) is 9.52. The summed E-state index contributed by atoms with van der Waals surface area (Å²) in [6.45, 7) is 0.557. The quantitative estimate of drug-likeness (QED) is 0.213. The first-order valence-corrected chi connectivity index (χ1v) is 11.5. The van der Waals surface area contributed by atoms with Crippen LogP contribution >= 0.6 is 39.9 Å². The second-order valence-electron chi connectivity index (χ2n) is 6.79. The van der Waals surface area contributed by atoms with Crippen LogP contribution in [0.5, 0.6) is 5.75 Å². The summed E-state index contributed by atoms with van der Waals surface area (Å²) in [5, 5.41) is 12.1. The first kappa shape index (κ1) is 22.5. The number of carbonyl (C=O) groups is 2. The summed E-state index contributed by atoms with van der Waals surface area (Å²) in [6, 6.07) is 14.1. The van der Waals surface area contributed by atoms with Gasteiger partial charge in [0.15, 0.2) is 0 Å². The fourth-order valence-corrected chi connectivity index (χ4v) is 4.48. The van der Waals surface area contributed by atoms with E-state index in [2.05, 4.69) is 21.2 Å². The van der Waals surface area contributed by atoms with Crippen molar-refractivity contribution < 1.29 is 14.7 Å². The summed E-state index contributed by atoms with van der Waals surface area (Å²) in [4.78, 5) is 26.9. The van der Waals surface area contributed by atoms with E-state index in [0.717, 1.165) is 29.3 Å². The van der Waals surface area contributed by atoms with Gasteiger partial charge in [-0.2, -0.15) is 0 Å². The van der Waals surface area contributed by atoms with Gasteiger partial charge in [-0.05, 0) is 60.9 Å². The van der Waals surface area contributed by atoms with Gasteiger partial charge in [0, 0.05) is 23.1 Å². The number of rotatable bonds is 8. The predicted octanol–water partition coefficient (Wildman–Crippen LogP) is 5.56. The van der Waals surface area contributed by atoms with E-state index in [1.165, 1.54) is 23.9 Å². The van der Waals surface area contributed by atoms with Gasteiger partial charge in [0.2, 0.25) is 5.91 Å². The normalized spacial score (nSPS) is 15.1. The van der Waals surface area contributed by atoms with Crippen molar-refractivity contribution in [2.24, 2.45) is 0 Å². The highest BCUT2D eigenvalue weighted by atomic mass is 79.9. The zero-order valence-corrected chi connectivity index (χ0v) is 19.4. The fraction of sp³-hybridized carbons (Fsp3) is 0.227. The number of benzene rings is 2. The van der Waals surface area contributed by atoms with Crippen LogP contribution < -0.4 is 5.32 Å². The van der Waals surface area contributed by atoms with Gasteiger partial charge in [-0.3, -0.25) is 14.5 Å². The average Bonchev–Trinajstić information content (AvgIpc) is 2.98. The molecule has 0 unspecified atom stereocenters. The molecule has 2 aromatic carbocycles. The SMILES string of the molecule is O=C(CCCCCN1C(=O)/C(=C/c2ccc(Br)cc2)SC1=S)Nc1ccc(O)cc1. The summed E-state index contributed by atoms with van der Waals surface area (Å²) < 4.78 is 1.57. The molecule has 1 heterocycles. The van der Waals surface area contributed by atoms with Crippen LogP contribution in [0.25, 0.3) is 6.08 Å². The molecule has 8 heteroatoms. The van der Waals surface area contributed by atoms with Gasteiger partial charge in [0.1, 0.15) is 10.1 Å². The molecule has 30 heavy (non-hydrogen) atoms. The van der Waals surface area contributed by atoms with Crippen LogP contribution in [0.4, 0.5) is 5.69 Å². The Balaban J connectivity index is 1.40. The molecule has 1 aliphatic rings. The van der Waals surface area contributed by atoms with Crippen LogP contribution in [0, 0.1) is 0 Å². The molecule has 0 saturated carbocycles. The van der Waals surface area contributed by atoms with E-state index < -0.39 is 0 Å². The smallest absolute Gasteiger partial charge is 0.266 e. The highest BCUT2D eigenvalue weighted by Gasteiger charge is 2.31. The molecule has 0 radical (unpaired) electrons. The predicted molar refractivity (Wildman–Crippen MR) is 129 cm³/mol. The molecule has 1 saturated heterocycles. The molecule has 0 aliphatic carbocycles. The molecule has 2 N–H and O–H groups in total. The molecule has 3 rings (SSSR count). The summed E-state index contributed by atoms with van der Waals surface area (Å²) >= 11 is 10.1. The Morgan fingerprint density at radius 3 is 2.50 bits per heavy atom. The Bertz CT molecular complexity index is 959. The number of hydrogen-bond acceptors (Lipinski definition) is 5. The van der Waals surface area contributed by atoms with Crippen molar-refractivity contribution in [3.8, 4) is 5.75 Å². The number of halogens is 1. The molecule has 2 amide bonds. The van der Waals surface area contributed by atoms with Crippen molar-refractivity contribution in [2.75, 3.05) is 11.9 Å². The number of nitrogens with zero attached hydrogens (tertiary/aromatic N) is 1. The molecular formula is C22H21BrN2O3S2. The number of anilines is 1. The zero-order valence-electron chi connectivity index (χ0n) is 16.1. The van der Waals surface area contributed by atoms with E-state index in [9.17, 15) is 14.7 Å². The Hall–Kier alpha value is -2.16. The third-order valence-electron chi connectivity index (χ3n) is 4.48. The monoisotopic (exact) mass is 504 g/mol. The number of unbranched alkanes of at least 4 members (excludes halogenated alkanes) is 2. The minimum absolute atomic E-state index is 0.0574. The highest BCUT2D eigenvalue weighted by Crippen LogP contribution is 2.33. The van der Waals surface area contributed by atoms with Crippen LogP contribution in [-0.4, -0.2) is 32.7 Å². The molecule has 0 spiro atoms. The van der Waals surface area contributed by atoms with Crippen LogP contribution in [0.3, 0.4) is 0 Å². The number of aromatic hydroxyl groups is 1. The van der Waals surface area contributed by atoms with Gasteiger partial charge < -0.3 is 10.4 Å². The molecule has 1 fully saturated rings. The third-order valence-corrected chi connectivity index (χ3v) is 6.38. The number of amides is 2. The number of phenols is 1. The molecular weight excluding hydrogens is 484 g/mol. The van der Waals surface area contributed by atoms with E-state index in [-0.39, 0.29) is 17.6 Å². The van der Waals surface area contributed by atoms with Crippen LogP contribution in [-0.2, 0) is 9.59 Å². The Kier molecular flexibility index (Phi) is 8.07. The lowest BCUT2D eigenvalue weighted by atomic mass is 10.1. The lowest BCUT2D eigenvalue weighted by Gasteiger charge is -2.14. The summed E-state index contributed by atoms with van der Waals surface area (Å²) in [5.74, 6) is 0.0390. The summed E-state index contributed by atoms with van der Waals surface area (Å²) in [6.07, 6.45) is 4.60. The van der Waals surface area contributed by atoms with Crippen molar-refractivity contribution in [1.29, 1.82) is 0 Å². The van der Waals surface area contributed by atoms with Crippen molar-refractivity contribution in [1.82, 2.24) is 4.90 Å². The minimum Gasteiger partial charge on any atom is -0.508 e. The molecule has 0 atom stereocenters. The fourth-order valence-electron chi connectivity index (χ4n) is 2.90. The molecule has 156 valence electrons. The van der Waals surface area contributed by atoms with Crippen LogP contribution in [0.2, 0.25) is 0 Å². The largest absolute Gasteiger partial charge is 0.508 e. The Morgan fingerprint density at radius 1 is 1.10 bits per heavy atom. The standard InChI is InChI=1S/C22H21BrN2O3S2/c23-16-7-5-15(6-8-16)14-19-21(28)25(22(29)30-19)13-3-1-2-4-20(27)24-17-9-11-18(26)12-10-17/h5-12,14,26H,1-4,13H2,(H,24,27)/b19-14-. The second-order valence-corrected chi connectivity index (χ2v) is 9.38. The number of hydrogen-bond donors (Lipinski definition) is 2. The molecule has 2 aromatic rings. The number of thioether (sulfide) groups is 1. The Morgan fingerprint density at radius 2 is 1.80 bits per heavy atom.